The molecular weight excluding hydrogens is 292 g/mol. The van der Waals surface area contributed by atoms with Crippen LogP contribution in [0.25, 0.3) is 0 Å². The van der Waals surface area contributed by atoms with Gasteiger partial charge in [0.25, 0.3) is 5.91 Å². The summed E-state index contributed by atoms with van der Waals surface area (Å²) in [6, 6.07) is 11.3. The third kappa shape index (κ3) is 3.01. The summed E-state index contributed by atoms with van der Waals surface area (Å²) in [6.07, 6.45) is 2.93. The monoisotopic (exact) mass is 306 g/mol. The van der Waals surface area contributed by atoms with Gasteiger partial charge in [0.15, 0.2) is 0 Å². The molecule has 0 spiro atoms. The predicted octanol–water partition coefficient (Wildman–Crippen LogP) is 3.91. The van der Waals surface area contributed by atoms with Gasteiger partial charge in [-0.2, -0.15) is 0 Å². The Morgan fingerprint density at radius 2 is 2.06 bits per heavy atom. The Balaban J connectivity index is 2.18. The molecule has 0 aliphatic rings. The second kappa shape index (κ2) is 5.87. The van der Waals surface area contributed by atoms with E-state index in [1.54, 1.807) is 0 Å². The molecule has 1 aromatic heterocycles. The number of para-hydroxylation sites is 1. The van der Waals surface area contributed by atoms with Crippen molar-refractivity contribution in [3.05, 3.63) is 52.8 Å². The molecule has 3 nitrogen and oxygen atoms in total. The van der Waals surface area contributed by atoms with Crippen LogP contribution in [-0.2, 0) is 6.54 Å². The number of nitrogens with one attached hydrogen (secondary N) is 1. The van der Waals surface area contributed by atoms with Gasteiger partial charge < -0.3 is 9.88 Å². The number of carbonyl (C=O) groups excluding carboxylic acids is 1. The first-order valence-corrected chi connectivity index (χ1v) is 6.72. The Morgan fingerprint density at radius 3 is 2.72 bits per heavy atom. The van der Waals surface area contributed by atoms with Crippen LogP contribution in [0.3, 0.4) is 0 Å². The summed E-state index contributed by atoms with van der Waals surface area (Å²) in [5.41, 5.74) is 1.48. The Morgan fingerprint density at radius 1 is 1.33 bits per heavy atom. The molecule has 1 amide bonds. The first-order valence-electron chi connectivity index (χ1n) is 5.92. The standard InChI is InChI=1S/C14H15BrN2O/c1-2-8-17-10-11(15)9-13(17)14(18)16-12-6-4-3-5-7-12/h3-7,9-10H,2,8H2,1H3,(H,16,18). The maximum atomic E-state index is 12.2. The summed E-state index contributed by atoms with van der Waals surface area (Å²) in [6.45, 7) is 2.93. The molecule has 0 aliphatic carbocycles. The molecule has 2 rings (SSSR count). The largest absolute Gasteiger partial charge is 0.342 e. The molecule has 0 radical (unpaired) electrons. The van der Waals surface area contributed by atoms with Crippen molar-refractivity contribution in [1.82, 2.24) is 4.57 Å². The first kappa shape index (κ1) is 12.9. The Labute approximate surface area is 115 Å². The van der Waals surface area contributed by atoms with Crippen LogP contribution in [0.5, 0.6) is 0 Å². The molecule has 18 heavy (non-hydrogen) atoms. The smallest absolute Gasteiger partial charge is 0.272 e. The summed E-state index contributed by atoms with van der Waals surface area (Å²) in [5.74, 6) is -0.0830. The summed E-state index contributed by atoms with van der Waals surface area (Å²) >= 11 is 3.41. The third-order valence-electron chi connectivity index (χ3n) is 2.59. The fourth-order valence-electron chi connectivity index (χ4n) is 1.81. The molecule has 94 valence electrons. The third-order valence-corrected chi connectivity index (χ3v) is 3.03. The van der Waals surface area contributed by atoms with E-state index in [2.05, 4.69) is 28.2 Å². The van der Waals surface area contributed by atoms with Crippen molar-refractivity contribution in [2.75, 3.05) is 5.32 Å². The molecule has 0 unspecified atom stereocenters. The normalized spacial score (nSPS) is 10.3. The minimum Gasteiger partial charge on any atom is -0.342 e. The van der Waals surface area contributed by atoms with Crippen molar-refractivity contribution < 1.29 is 4.79 Å². The molecular formula is C14H15BrN2O. The molecule has 0 saturated heterocycles. The second-order valence-electron chi connectivity index (χ2n) is 4.06. The zero-order valence-electron chi connectivity index (χ0n) is 10.2. The van der Waals surface area contributed by atoms with Gasteiger partial charge in [0.2, 0.25) is 0 Å². The van der Waals surface area contributed by atoms with E-state index in [0.29, 0.717) is 5.69 Å². The lowest BCUT2D eigenvalue weighted by Gasteiger charge is -2.08. The van der Waals surface area contributed by atoms with Crippen LogP contribution in [-0.4, -0.2) is 10.5 Å². The van der Waals surface area contributed by atoms with Crippen LogP contribution in [0.1, 0.15) is 23.8 Å². The molecule has 1 heterocycles. The van der Waals surface area contributed by atoms with Crippen LogP contribution in [0.15, 0.2) is 47.1 Å². The molecule has 1 aromatic carbocycles. The van der Waals surface area contributed by atoms with E-state index in [1.165, 1.54) is 0 Å². The number of halogens is 1. The van der Waals surface area contributed by atoms with Crippen LogP contribution in [0.2, 0.25) is 0 Å². The number of rotatable bonds is 4. The Hall–Kier alpha value is -1.55. The molecule has 0 aliphatic heterocycles. The maximum Gasteiger partial charge on any atom is 0.272 e. The van der Waals surface area contributed by atoms with E-state index in [9.17, 15) is 4.79 Å². The van der Waals surface area contributed by atoms with Crippen LogP contribution in [0.4, 0.5) is 5.69 Å². The average molecular weight is 307 g/mol. The SMILES string of the molecule is CCCn1cc(Br)cc1C(=O)Nc1ccccc1. The summed E-state index contributed by atoms with van der Waals surface area (Å²) in [7, 11) is 0. The van der Waals surface area contributed by atoms with Crippen molar-refractivity contribution in [3.8, 4) is 0 Å². The van der Waals surface area contributed by atoms with Gasteiger partial charge in [0.05, 0.1) is 0 Å². The van der Waals surface area contributed by atoms with E-state index >= 15 is 0 Å². The lowest BCUT2D eigenvalue weighted by Crippen LogP contribution is -2.16. The summed E-state index contributed by atoms with van der Waals surface area (Å²) in [5, 5.41) is 2.89. The van der Waals surface area contributed by atoms with Crippen molar-refractivity contribution >= 4 is 27.5 Å². The molecule has 0 atom stereocenters. The van der Waals surface area contributed by atoms with Crippen molar-refractivity contribution in [3.63, 3.8) is 0 Å². The van der Waals surface area contributed by atoms with E-state index in [4.69, 9.17) is 0 Å². The van der Waals surface area contributed by atoms with Crippen molar-refractivity contribution in [2.24, 2.45) is 0 Å². The number of hydrogen-bond donors (Lipinski definition) is 1. The van der Waals surface area contributed by atoms with E-state index in [-0.39, 0.29) is 5.91 Å². The average Bonchev–Trinajstić information content (AvgIpc) is 2.72. The second-order valence-corrected chi connectivity index (χ2v) is 4.97. The van der Waals surface area contributed by atoms with Gasteiger partial charge in [-0.05, 0) is 40.5 Å². The highest BCUT2D eigenvalue weighted by molar-refractivity contribution is 9.10. The van der Waals surface area contributed by atoms with E-state index < -0.39 is 0 Å². The van der Waals surface area contributed by atoms with E-state index in [0.717, 1.165) is 23.1 Å². The van der Waals surface area contributed by atoms with Crippen molar-refractivity contribution in [2.45, 2.75) is 19.9 Å². The Bertz CT molecular complexity index is 534. The minimum absolute atomic E-state index is 0.0830. The lowest BCUT2D eigenvalue weighted by molar-refractivity contribution is 0.101. The van der Waals surface area contributed by atoms with Gasteiger partial charge >= 0.3 is 0 Å². The number of hydrogen-bond acceptors (Lipinski definition) is 1. The van der Waals surface area contributed by atoms with Gasteiger partial charge in [-0.3, -0.25) is 4.79 Å². The van der Waals surface area contributed by atoms with Gasteiger partial charge in [-0.25, -0.2) is 0 Å². The zero-order chi connectivity index (χ0) is 13.0. The summed E-state index contributed by atoms with van der Waals surface area (Å²) in [4.78, 5) is 12.2. The number of nitrogens with zero attached hydrogens (tertiary/aromatic N) is 1. The fraction of sp³-hybridized carbons (Fsp3) is 0.214. The number of anilines is 1. The van der Waals surface area contributed by atoms with E-state index in [1.807, 2.05) is 47.2 Å². The first-order chi connectivity index (χ1) is 8.70. The predicted molar refractivity (Wildman–Crippen MR) is 76.8 cm³/mol. The molecule has 0 fully saturated rings. The van der Waals surface area contributed by atoms with Gasteiger partial charge in [-0.1, -0.05) is 25.1 Å². The number of amides is 1. The number of aromatic nitrogens is 1. The topological polar surface area (TPSA) is 34.0 Å². The lowest BCUT2D eigenvalue weighted by atomic mass is 10.3. The highest BCUT2D eigenvalue weighted by atomic mass is 79.9. The Kier molecular flexibility index (Phi) is 4.20. The van der Waals surface area contributed by atoms with Crippen LogP contribution < -0.4 is 5.32 Å². The molecule has 1 N–H and O–H groups in total. The molecule has 0 bridgehead atoms. The molecule has 2 aromatic rings. The molecule has 0 saturated carbocycles. The quantitative estimate of drug-likeness (QED) is 0.913. The van der Waals surface area contributed by atoms with Crippen molar-refractivity contribution in [1.29, 1.82) is 0 Å². The van der Waals surface area contributed by atoms with Gasteiger partial charge in [0, 0.05) is 22.9 Å². The minimum atomic E-state index is -0.0830. The maximum absolute atomic E-state index is 12.2. The van der Waals surface area contributed by atoms with Crippen LogP contribution >= 0.6 is 15.9 Å². The molecule has 4 heteroatoms. The zero-order valence-corrected chi connectivity index (χ0v) is 11.8. The van der Waals surface area contributed by atoms with Gasteiger partial charge in [0.1, 0.15) is 5.69 Å². The number of aryl methyl sites for hydroxylation is 1. The fourth-order valence-corrected chi connectivity index (χ4v) is 2.27. The number of carbonyl (C=O) groups is 1. The number of benzene rings is 1. The highest BCUT2D eigenvalue weighted by Gasteiger charge is 2.12. The summed E-state index contributed by atoms with van der Waals surface area (Å²) < 4.78 is 2.89. The highest BCUT2D eigenvalue weighted by Crippen LogP contribution is 2.17. The van der Waals surface area contributed by atoms with Gasteiger partial charge in [-0.15, -0.1) is 0 Å². The van der Waals surface area contributed by atoms with Crippen LogP contribution in [0, 0.1) is 0 Å².